The Hall–Kier alpha value is -1.41. The Morgan fingerprint density at radius 2 is 2.40 bits per heavy atom. The zero-order valence-electron chi connectivity index (χ0n) is 4.77. The summed E-state index contributed by atoms with van der Waals surface area (Å²) in [6, 6.07) is 1.73. The zero-order chi connectivity index (χ0) is 7.56. The highest BCUT2D eigenvalue weighted by Crippen LogP contribution is 2.21. The van der Waals surface area contributed by atoms with Gasteiger partial charge in [0.2, 0.25) is 0 Å². The van der Waals surface area contributed by atoms with Gasteiger partial charge in [-0.15, -0.1) is 11.3 Å². The fourth-order valence-corrected chi connectivity index (χ4v) is 1.23. The first-order valence-electron chi connectivity index (χ1n) is 2.36. The highest BCUT2D eigenvalue weighted by atomic mass is 32.1. The van der Waals surface area contributed by atoms with Crippen LogP contribution in [0.25, 0.3) is 0 Å². The van der Waals surface area contributed by atoms with E-state index in [2.05, 4.69) is 0 Å². The first kappa shape index (κ1) is 6.71. The summed E-state index contributed by atoms with van der Waals surface area (Å²) >= 11 is 1.15. The van der Waals surface area contributed by atoms with E-state index in [-0.39, 0.29) is 11.3 Å². The van der Waals surface area contributed by atoms with Crippen molar-refractivity contribution in [2.24, 2.45) is 0 Å². The molecule has 10 heavy (non-hydrogen) atoms. The van der Waals surface area contributed by atoms with Crippen LogP contribution in [-0.2, 0) is 0 Å². The Bertz CT molecular complexity index is 299. The van der Waals surface area contributed by atoms with Gasteiger partial charge in [-0.3, -0.25) is 10.1 Å². The molecule has 0 N–H and O–H groups in total. The van der Waals surface area contributed by atoms with Crippen LogP contribution >= 0.6 is 11.3 Å². The maximum atomic E-state index is 10.1. The lowest BCUT2D eigenvalue weighted by Gasteiger charge is -1.81. The number of thiophene rings is 1. The van der Waals surface area contributed by atoms with E-state index in [1.54, 1.807) is 6.07 Å². The van der Waals surface area contributed by atoms with E-state index in [0.717, 1.165) is 11.3 Å². The van der Waals surface area contributed by atoms with Gasteiger partial charge in [-0.2, -0.15) is 5.26 Å². The number of rotatable bonds is 1. The van der Waals surface area contributed by atoms with E-state index in [0.29, 0.717) is 0 Å². The molecule has 0 amide bonds. The number of nitro groups is 1. The molecule has 0 aliphatic rings. The van der Waals surface area contributed by atoms with E-state index in [9.17, 15) is 10.1 Å². The van der Waals surface area contributed by atoms with Gasteiger partial charge in [0.15, 0.2) is 0 Å². The van der Waals surface area contributed by atoms with E-state index in [4.69, 9.17) is 5.26 Å². The van der Waals surface area contributed by atoms with E-state index in [1.807, 2.05) is 0 Å². The fourth-order valence-electron chi connectivity index (χ4n) is 0.515. The summed E-state index contributed by atoms with van der Waals surface area (Å²) in [7, 11) is 0. The molecule has 5 heteroatoms. The second-order valence-corrected chi connectivity index (χ2v) is 2.28. The quantitative estimate of drug-likeness (QED) is 0.455. The second kappa shape index (κ2) is 2.45. The first-order chi connectivity index (χ1) is 4.75. The number of nitriles is 1. The fraction of sp³-hybridized carbons (Fsp3) is 0. The first-order valence-corrected chi connectivity index (χ1v) is 3.30. The molecule has 50 valence electrons. The normalized spacial score (nSPS) is 8.70. The molecule has 0 aliphatic heterocycles. The van der Waals surface area contributed by atoms with Crippen LogP contribution in [0.4, 0.5) is 5.69 Å². The van der Waals surface area contributed by atoms with Gasteiger partial charge in [-0.25, -0.2) is 0 Å². The molecular weight excluding hydrogens is 152 g/mol. The van der Waals surface area contributed by atoms with Crippen LogP contribution in [0.1, 0.15) is 5.56 Å². The highest BCUT2D eigenvalue weighted by Gasteiger charge is 2.12. The third-order valence-corrected chi connectivity index (χ3v) is 1.69. The molecule has 4 nitrogen and oxygen atoms in total. The van der Waals surface area contributed by atoms with Crippen molar-refractivity contribution in [1.82, 2.24) is 0 Å². The summed E-state index contributed by atoms with van der Waals surface area (Å²) in [6.45, 7) is 0. The lowest BCUT2D eigenvalue weighted by molar-refractivity contribution is -0.384. The van der Waals surface area contributed by atoms with Crippen molar-refractivity contribution < 1.29 is 4.92 Å². The van der Waals surface area contributed by atoms with Gasteiger partial charge in [0.25, 0.3) is 5.69 Å². The Morgan fingerprint density at radius 1 is 1.70 bits per heavy atom. The largest absolute Gasteiger partial charge is 0.297 e. The molecule has 0 fully saturated rings. The molecule has 0 aliphatic carbocycles. The van der Waals surface area contributed by atoms with Crippen molar-refractivity contribution in [3.8, 4) is 6.07 Å². The monoisotopic (exact) mass is 154 g/mol. The van der Waals surface area contributed by atoms with Gasteiger partial charge >= 0.3 is 0 Å². The van der Waals surface area contributed by atoms with Gasteiger partial charge in [0.05, 0.1) is 10.3 Å². The minimum atomic E-state index is -0.560. The Labute approximate surface area is 60.5 Å². The van der Waals surface area contributed by atoms with E-state index < -0.39 is 4.92 Å². The Balaban J connectivity index is 3.17. The molecule has 1 heterocycles. The van der Waals surface area contributed by atoms with E-state index in [1.165, 1.54) is 10.8 Å². The van der Waals surface area contributed by atoms with Crippen molar-refractivity contribution >= 4 is 17.0 Å². The lowest BCUT2D eigenvalue weighted by atomic mass is 10.3. The van der Waals surface area contributed by atoms with Crippen LogP contribution in [-0.4, -0.2) is 4.92 Å². The standard InChI is InChI=1S/C5H2N2O2S/c6-1-4-2-10-3-5(4)7(8)9/h2-3H. The predicted octanol–water partition coefficient (Wildman–Crippen LogP) is 1.53. The van der Waals surface area contributed by atoms with Crippen molar-refractivity contribution in [3.05, 3.63) is 26.4 Å². The molecule has 1 rings (SSSR count). The Morgan fingerprint density at radius 3 is 2.80 bits per heavy atom. The van der Waals surface area contributed by atoms with Crippen molar-refractivity contribution in [1.29, 1.82) is 5.26 Å². The summed E-state index contributed by atoms with van der Waals surface area (Å²) in [5.41, 5.74) is 0.0301. The molecule has 1 aromatic heterocycles. The molecule has 0 aromatic carbocycles. The van der Waals surface area contributed by atoms with Gasteiger partial charge < -0.3 is 0 Å². The van der Waals surface area contributed by atoms with Crippen LogP contribution < -0.4 is 0 Å². The molecular formula is C5H2N2O2S. The molecule has 0 unspecified atom stereocenters. The minimum Gasteiger partial charge on any atom is -0.258 e. The van der Waals surface area contributed by atoms with Crippen molar-refractivity contribution in [2.75, 3.05) is 0 Å². The van der Waals surface area contributed by atoms with Crippen LogP contribution in [0.15, 0.2) is 10.8 Å². The van der Waals surface area contributed by atoms with Gasteiger partial charge in [-0.1, -0.05) is 0 Å². The molecule has 0 bridgehead atoms. The minimum absolute atomic E-state index is 0.104. The molecule has 0 spiro atoms. The third kappa shape index (κ3) is 0.967. The summed E-state index contributed by atoms with van der Waals surface area (Å²) in [5.74, 6) is 0. The van der Waals surface area contributed by atoms with Crippen LogP contribution in [0.3, 0.4) is 0 Å². The number of nitrogens with zero attached hydrogens (tertiary/aromatic N) is 2. The van der Waals surface area contributed by atoms with Crippen LogP contribution in [0, 0.1) is 21.4 Å². The Kier molecular flexibility index (Phi) is 1.65. The average Bonchev–Trinajstić information content (AvgIpc) is 2.33. The SMILES string of the molecule is N#Cc1cscc1[N+](=O)[O-]. The average molecular weight is 154 g/mol. The van der Waals surface area contributed by atoms with E-state index >= 15 is 0 Å². The number of hydrogen-bond donors (Lipinski definition) is 0. The van der Waals surface area contributed by atoms with Gasteiger partial charge in [0, 0.05) is 5.38 Å². The van der Waals surface area contributed by atoms with Gasteiger partial charge in [0.1, 0.15) is 11.6 Å². The summed E-state index contributed by atoms with van der Waals surface area (Å²) in [6.07, 6.45) is 0. The lowest BCUT2D eigenvalue weighted by Crippen LogP contribution is -1.86. The summed E-state index contributed by atoms with van der Waals surface area (Å²) < 4.78 is 0. The smallest absolute Gasteiger partial charge is 0.258 e. The molecule has 0 radical (unpaired) electrons. The zero-order valence-corrected chi connectivity index (χ0v) is 5.59. The maximum Gasteiger partial charge on any atom is 0.297 e. The number of hydrogen-bond acceptors (Lipinski definition) is 4. The molecule has 0 atom stereocenters. The maximum absolute atomic E-state index is 10.1. The van der Waals surface area contributed by atoms with Crippen molar-refractivity contribution in [3.63, 3.8) is 0 Å². The molecule has 1 aromatic rings. The van der Waals surface area contributed by atoms with Crippen molar-refractivity contribution in [2.45, 2.75) is 0 Å². The third-order valence-electron chi connectivity index (χ3n) is 0.959. The second-order valence-electron chi connectivity index (χ2n) is 1.54. The van der Waals surface area contributed by atoms with Gasteiger partial charge in [-0.05, 0) is 0 Å². The summed E-state index contributed by atoms with van der Waals surface area (Å²) in [4.78, 5) is 9.54. The van der Waals surface area contributed by atoms with Crippen LogP contribution in [0.5, 0.6) is 0 Å². The summed E-state index contributed by atoms with van der Waals surface area (Å²) in [5, 5.41) is 21.2. The topological polar surface area (TPSA) is 66.9 Å². The molecule has 0 saturated carbocycles. The predicted molar refractivity (Wildman–Crippen MR) is 35.7 cm³/mol. The van der Waals surface area contributed by atoms with Crippen LogP contribution in [0.2, 0.25) is 0 Å². The highest BCUT2D eigenvalue weighted by molar-refractivity contribution is 7.08. The molecule has 0 saturated heterocycles.